The first kappa shape index (κ1) is 13.5. The Morgan fingerprint density at radius 3 is 2.75 bits per heavy atom. The molecule has 2 aliphatic rings. The molecule has 3 heteroatoms. The van der Waals surface area contributed by atoms with Gasteiger partial charge in [0.05, 0.1) is 0 Å². The van der Waals surface area contributed by atoms with Gasteiger partial charge in [0.2, 0.25) is 0 Å². The molecule has 0 aromatic heterocycles. The van der Waals surface area contributed by atoms with Crippen LogP contribution in [0.15, 0.2) is 18.2 Å². The van der Waals surface area contributed by atoms with Gasteiger partial charge in [-0.15, -0.1) is 0 Å². The monoisotopic (exact) mass is 273 g/mol. The molecule has 2 saturated carbocycles. The van der Waals surface area contributed by atoms with Crippen LogP contribution in [0.3, 0.4) is 0 Å². The summed E-state index contributed by atoms with van der Waals surface area (Å²) in [6.07, 6.45) is 5.41. The highest BCUT2D eigenvalue weighted by Gasteiger charge is 2.40. The van der Waals surface area contributed by atoms with Crippen molar-refractivity contribution >= 4 is 5.91 Å². The molecule has 108 valence electrons. The number of aryl methyl sites for hydroxylation is 1. The lowest BCUT2D eigenvalue weighted by Crippen LogP contribution is -2.33. The van der Waals surface area contributed by atoms with Crippen LogP contribution in [-0.2, 0) is 0 Å². The van der Waals surface area contributed by atoms with Crippen molar-refractivity contribution in [3.8, 4) is 5.75 Å². The van der Waals surface area contributed by atoms with Crippen molar-refractivity contribution in [2.24, 2.45) is 17.8 Å². The fraction of sp³-hybridized carbons (Fsp3) is 0.588. The predicted molar refractivity (Wildman–Crippen MR) is 78.7 cm³/mol. The molecule has 0 radical (unpaired) electrons. The molecule has 2 bridgehead atoms. The molecule has 3 nitrogen and oxygen atoms in total. The minimum atomic E-state index is 0.0167. The number of carbonyl (C=O) groups excluding carboxylic acids is 1. The maximum atomic E-state index is 12.4. The molecule has 3 rings (SSSR count). The highest BCUT2D eigenvalue weighted by molar-refractivity contribution is 5.94. The highest BCUT2D eigenvalue weighted by atomic mass is 16.3. The third kappa shape index (κ3) is 2.41. The van der Waals surface area contributed by atoms with Crippen molar-refractivity contribution in [1.29, 1.82) is 0 Å². The summed E-state index contributed by atoms with van der Waals surface area (Å²) in [4.78, 5) is 14.2. The Bertz CT molecular complexity index is 526. The minimum absolute atomic E-state index is 0.0167. The van der Waals surface area contributed by atoms with Gasteiger partial charge in [-0.1, -0.05) is 12.5 Å². The number of nitrogens with zero attached hydrogens (tertiary/aromatic N) is 1. The Hall–Kier alpha value is -1.51. The van der Waals surface area contributed by atoms with E-state index in [4.69, 9.17) is 0 Å². The van der Waals surface area contributed by atoms with Gasteiger partial charge in [0.25, 0.3) is 5.91 Å². The number of hydrogen-bond donors (Lipinski definition) is 1. The van der Waals surface area contributed by atoms with Crippen molar-refractivity contribution in [2.75, 3.05) is 13.6 Å². The molecule has 2 aliphatic carbocycles. The number of phenolic OH excluding ortho intramolecular Hbond substituents is 1. The van der Waals surface area contributed by atoms with Crippen LogP contribution in [0.5, 0.6) is 5.75 Å². The van der Waals surface area contributed by atoms with Crippen LogP contribution in [0.4, 0.5) is 0 Å². The maximum absolute atomic E-state index is 12.4. The molecule has 20 heavy (non-hydrogen) atoms. The van der Waals surface area contributed by atoms with Crippen LogP contribution in [0.2, 0.25) is 0 Å². The van der Waals surface area contributed by atoms with Gasteiger partial charge >= 0.3 is 0 Å². The molecule has 0 spiro atoms. The Balaban J connectivity index is 1.65. The van der Waals surface area contributed by atoms with E-state index in [1.54, 1.807) is 18.2 Å². The van der Waals surface area contributed by atoms with E-state index in [1.165, 1.54) is 25.7 Å². The van der Waals surface area contributed by atoms with Crippen molar-refractivity contribution in [3.05, 3.63) is 29.3 Å². The second-order valence-electron chi connectivity index (χ2n) is 6.62. The first-order valence-electron chi connectivity index (χ1n) is 7.59. The number of carbonyl (C=O) groups is 1. The lowest BCUT2D eigenvalue weighted by molar-refractivity contribution is 0.0754. The van der Waals surface area contributed by atoms with Crippen LogP contribution in [0, 0.1) is 24.7 Å². The number of aromatic hydroxyl groups is 1. The third-order valence-corrected chi connectivity index (χ3v) is 5.20. The quantitative estimate of drug-likeness (QED) is 0.918. The number of phenols is 1. The molecule has 2 fully saturated rings. The van der Waals surface area contributed by atoms with E-state index in [0.717, 1.165) is 23.9 Å². The van der Waals surface area contributed by atoms with E-state index in [1.807, 2.05) is 18.9 Å². The summed E-state index contributed by atoms with van der Waals surface area (Å²) in [5, 5.41) is 9.73. The number of hydrogen-bond acceptors (Lipinski definition) is 2. The van der Waals surface area contributed by atoms with Gasteiger partial charge in [-0.05, 0) is 61.6 Å². The molecule has 1 aromatic rings. The average molecular weight is 273 g/mol. The minimum Gasteiger partial charge on any atom is -0.508 e. The number of fused-ring (bicyclic) bond motifs is 2. The topological polar surface area (TPSA) is 40.5 Å². The summed E-state index contributed by atoms with van der Waals surface area (Å²) < 4.78 is 0. The molecular formula is C17H23NO2. The van der Waals surface area contributed by atoms with Crippen LogP contribution in [0.1, 0.15) is 41.6 Å². The van der Waals surface area contributed by atoms with Crippen LogP contribution in [0.25, 0.3) is 0 Å². The highest BCUT2D eigenvalue weighted by Crippen LogP contribution is 2.48. The normalized spacial score (nSPS) is 27.8. The van der Waals surface area contributed by atoms with Gasteiger partial charge in [0, 0.05) is 19.2 Å². The Kier molecular flexibility index (Phi) is 3.45. The van der Waals surface area contributed by atoms with Crippen molar-refractivity contribution in [3.63, 3.8) is 0 Å². The first-order chi connectivity index (χ1) is 9.54. The third-order valence-electron chi connectivity index (χ3n) is 5.20. The van der Waals surface area contributed by atoms with E-state index < -0.39 is 0 Å². The van der Waals surface area contributed by atoms with Gasteiger partial charge in [-0.2, -0.15) is 0 Å². The molecule has 0 heterocycles. The standard InChI is InChI=1S/C17H23NO2/c1-11-3-5-14(9-16(11)19)17(20)18(2)10-15-8-12-4-6-13(15)7-12/h3,5,9,12-13,15,19H,4,6-8,10H2,1-2H3. The molecule has 1 amide bonds. The summed E-state index contributed by atoms with van der Waals surface area (Å²) in [5.74, 6) is 2.65. The van der Waals surface area contributed by atoms with Crippen molar-refractivity contribution < 1.29 is 9.90 Å². The Labute approximate surface area is 120 Å². The molecule has 3 unspecified atom stereocenters. The summed E-state index contributed by atoms with van der Waals surface area (Å²) in [6, 6.07) is 5.18. The number of amides is 1. The van der Waals surface area contributed by atoms with E-state index in [9.17, 15) is 9.90 Å². The van der Waals surface area contributed by atoms with E-state index in [0.29, 0.717) is 11.5 Å². The predicted octanol–water partition coefficient (Wildman–Crippen LogP) is 3.21. The van der Waals surface area contributed by atoms with Gasteiger partial charge in [0.15, 0.2) is 0 Å². The van der Waals surface area contributed by atoms with Crippen LogP contribution >= 0.6 is 0 Å². The largest absolute Gasteiger partial charge is 0.508 e. The zero-order chi connectivity index (χ0) is 14.3. The molecule has 0 aliphatic heterocycles. The molecule has 1 aromatic carbocycles. The summed E-state index contributed by atoms with van der Waals surface area (Å²) >= 11 is 0. The molecular weight excluding hydrogens is 250 g/mol. The van der Waals surface area contributed by atoms with Crippen LogP contribution < -0.4 is 0 Å². The molecule has 1 N–H and O–H groups in total. The molecule has 0 saturated heterocycles. The zero-order valence-corrected chi connectivity index (χ0v) is 12.3. The Morgan fingerprint density at radius 2 is 2.15 bits per heavy atom. The maximum Gasteiger partial charge on any atom is 0.253 e. The van der Waals surface area contributed by atoms with Gasteiger partial charge in [0.1, 0.15) is 5.75 Å². The SMILES string of the molecule is Cc1ccc(C(=O)N(C)CC2CC3CCC2C3)cc1O. The fourth-order valence-corrected chi connectivity index (χ4v) is 4.00. The van der Waals surface area contributed by atoms with Gasteiger partial charge in [-0.3, -0.25) is 4.79 Å². The first-order valence-corrected chi connectivity index (χ1v) is 7.59. The molecule has 3 atom stereocenters. The smallest absolute Gasteiger partial charge is 0.253 e. The second kappa shape index (κ2) is 5.12. The summed E-state index contributed by atoms with van der Waals surface area (Å²) in [5.41, 5.74) is 1.39. The zero-order valence-electron chi connectivity index (χ0n) is 12.3. The van der Waals surface area contributed by atoms with E-state index in [2.05, 4.69) is 0 Å². The number of rotatable bonds is 3. The van der Waals surface area contributed by atoms with Gasteiger partial charge in [-0.25, -0.2) is 0 Å². The van der Waals surface area contributed by atoms with Crippen LogP contribution in [-0.4, -0.2) is 29.5 Å². The Morgan fingerprint density at radius 1 is 1.35 bits per heavy atom. The van der Waals surface area contributed by atoms with Crippen molar-refractivity contribution in [1.82, 2.24) is 4.90 Å². The van der Waals surface area contributed by atoms with E-state index in [-0.39, 0.29) is 11.7 Å². The number of benzene rings is 1. The lowest BCUT2D eigenvalue weighted by Gasteiger charge is -2.27. The fourth-order valence-electron chi connectivity index (χ4n) is 4.00. The van der Waals surface area contributed by atoms with Gasteiger partial charge < -0.3 is 10.0 Å². The lowest BCUT2D eigenvalue weighted by atomic mass is 9.88. The average Bonchev–Trinajstić information content (AvgIpc) is 3.03. The summed E-state index contributed by atoms with van der Waals surface area (Å²) in [7, 11) is 1.88. The summed E-state index contributed by atoms with van der Waals surface area (Å²) in [6.45, 7) is 2.69. The second-order valence-corrected chi connectivity index (χ2v) is 6.62. The van der Waals surface area contributed by atoms with E-state index >= 15 is 0 Å². The van der Waals surface area contributed by atoms with Crippen molar-refractivity contribution in [2.45, 2.75) is 32.6 Å².